The number of amides is 2. The van der Waals surface area contributed by atoms with Gasteiger partial charge in [0.05, 0.1) is 12.1 Å². The van der Waals surface area contributed by atoms with Gasteiger partial charge in [-0.1, -0.05) is 79.4 Å². The van der Waals surface area contributed by atoms with Crippen molar-refractivity contribution in [3.63, 3.8) is 0 Å². The number of anilines is 1. The molecule has 0 fully saturated rings. The highest BCUT2D eigenvalue weighted by atomic mass is 16.6. The second-order valence-electron chi connectivity index (χ2n) is 8.42. The Hall–Kier alpha value is -4.06. The third-order valence-corrected chi connectivity index (χ3v) is 6.16. The minimum Gasteiger partial charge on any atom is -0.436 e. The number of alkyl carbamates (subject to hydrolysis) is 1. The second kappa shape index (κ2) is 9.83. The normalized spacial score (nSPS) is 16.4. The van der Waals surface area contributed by atoms with Crippen molar-refractivity contribution >= 4 is 17.7 Å². The summed E-state index contributed by atoms with van der Waals surface area (Å²) in [6.07, 6.45) is -1.64. The van der Waals surface area contributed by atoms with Crippen LogP contribution >= 0.6 is 0 Å². The SMILES string of the molecule is C=C1C(NC(=O)[C@H](C)OC(=O)N[C@H](C)c2ccccc2)c2ccccc2-c2ccccc2N1C. The molecule has 2 N–H and O–H groups in total. The molecule has 0 saturated heterocycles. The van der Waals surface area contributed by atoms with E-state index in [0.717, 1.165) is 33.6 Å². The first-order valence-electron chi connectivity index (χ1n) is 11.3. The van der Waals surface area contributed by atoms with Crippen molar-refractivity contribution in [1.82, 2.24) is 10.6 Å². The number of hydrogen-bond donors (Lipinski definition) is 2. The highest BCUT2D eigenvalue weighted by Crippen LogP contribution is 2.42. The van der Waals surface area contributed by atoms with Crippen LogP contribution < -0.4 is 15.5 Å². The van der Waals surface area contributed by atoms with E-state index in [-0.39, 0.29) is 6.04 Å². The topological polar surface area (TPSA) is 70.7 Å². The number of rotatable bonds is 5. The van der Waals surface area contributed by atoms with Crippen LogP contribution in [0.4, 0.5) is 10.5 Å². The summed E-state index contributed by atoms with van der Waals surface area (Å²) in [5.41, 5.74) is 5.71. The molecule has 0 radical (unpaired) electrons. The molecule has 6 nitrogen and oxygen atoms in total. The van der Waals surface area contributed by atoms with Gasteiger partial charge >= 0.3 is 6.09 Å². The van der Waals surface area contributed by atoms with E-state index in [9.17, 15) is 9.59 Å². The summed E-state index contributed by atoms with van der Waals surface area (Å²) in [6.45, 7) is 7.70. The fraction of sp³-hybridized carbons (Fsp3) is 0.214. The Kier molecular flexibility index (Phi) is 6.68. The third-order valence-electron chi connectivity index (χ3n) is 6.16. The van der Waals surface area contributed by atoms with Crippen LogP contribution in [0.1, 0.15) is 37.1 Å². The Bertz CT molecular complexity index is 1210. The van der Waals surface area contributed by atoms with Gasteiger partial charge in [0.2, 0.25) is 0 Å². The monoisotopic (exact) mass is 455 g/mol. The van der Waals surface area contributed by atoms with Crippen LogP contribution in [0.15, 0.2) is 91.1 Å². The van der Waals surface area contributed by atoms with Gasteiger partial charge in [0, 0.05) is 24.0 Å². The van der Waals surface area contributed by atoms with Crippen molar-refractivity contribution in [2.45, 2.75) is 32.0 Å². The van der Waals surface area contributed by atoms with Gasteiger partial charge in [-0.2, -0.15) is 0 Å². The fourth-order valence-corrected chi connectivity index (χ4v) is 4.19. The van der Waals surface area contributed by atoms with E-state index in [2.05, 4.69) is 23.3 Å². The van der Waals surface area contributed by atoms with E-state index >= 15 is 0 Å². The Morgan fingerprint density at radius 2 is 1.53 bits per heavy atom. The first-order chi connectivity index (χ1) is 16.4. The lowest BCUT2D eigenvalue weighted by Gasteiger charge is -2.28. The minimum absolute atomic E-state index is 0.246. The van der Waals surface area contributed by atoms with E-state index in [1.54, 1.807) is 6.92 Å². The Balaban J connectivity index is 1.49. The average molecular weight is 456 g/mol. The van der Waals surface area contributed by atoms with Crippen molar-refractivity contribution in [3.05, 3.63) is 102 Å². The molecule has 1 aliphatic heterocycles. The van der Waals surface area contributed by atoms with Crippen molar-refractivity contribution in [1.29, 1.82) is 0 Å². The second-order valence-corrected chi connectivity index (χ2v) is 8.42. The quantitative estimate of drug-likeness (QED) is 0.544. The largest absolute Gasteiger partial charge is 0.436 e. The molecule has 1 aliphatic rings. The molecule has 0 spiro atoms. The predicted molar refractivity (Wildman–Crippen MR) is 134 cm³/mol. The Labute approximate surface area is 200 Å². The number of ether oxygens (including phenoxy) is 1. The number of para-hydroxylation sites is 1. The molecule has 0 aromatic heterocycles. The summed E-state index contributed by atoms with van der Waals surface area (Å²) in [6, 6.07) is 24.9. The van der Waals surface area contributed by atoms with Crippen LogP contribution in [0.2, 0.25) is 0 Å². The van der Waals surface area contributed by atoms with Crippen molar-refractivity contribution < 1.29 is 14.3 Å². The molecular formula is C28H29N3O3. The number of benzene rings is 3. The summed E-state index contributed by atoms with van der Waals surface area (Å²) >= 11 is 0. The smallest absolute Gasteiger partial charge is 0.408 e. The lowest BCUT2D eigenvalue weighted by Crippen LogP contribution is -2.42. The maximum absolute atomic E-state index is 13.1. The first-order valence-corrected chi connectivity index (χ1v) is 11.3. The standard InChI is InChI=1S/C28H29N3O3/c1-18(21-12-6-5-7-13-21)29-28(33)34-20(3)27(32)30-26-19(2)31(4)25-17-11-10-15-23(25)22-14-8-9-16-24(22)26/h5-18,20,26H,2H2,1,3-4H3,(H,29,33)(H,30,32)/t18-,20+,26?/m1/s1. The summed E-state index contributed by atoms with van der Waals surface area (Å²) in [5.74, 6) is -0.400. The average Bonchev–Trinajstić information content (AvgIpc) is 2.94. The molecule has 34 heavy (non-hydrogen) atoms. The van der Waals surface area contributed by atoms with Crippen LogP contribution in [0, 0.1) is 0 Å². The zero-order chi connectivity index (χ0) is 24.2. The van der Waals surface area contributed by atoms with Gasteiger partial charge in [0.1, 0.15) is 0 Å². The highest BCUT2D eigenvalue weighted by Gasteiger charge is 2.31. The van der Waals surface area contributed by atoms with E-state index in [1.165, 1.54) is 0 Å². The fourth-order valence-electron chi connectivity index (χ4n) is 4.19. The number of likely N-dealkylation sites (N-methyl/N-ethyl adjacent to an activating group) is 1. The van der Waals surface area contributed by atoms with Gasteiger partial charge in [0.25, 0.3) is 5.91 Å². The number of hydrogen-bond acceptors (Lipinski definition) is 4. The van der Waals surface area contributed by atoms with E-state index < -0.39 is 24.1 Å². The van der Waals surface area contributed by atoms with Gasteiger partial charge < -0.3 is 20.3 Å². The van der Waals surface area contributed by atoms with E-state index in [4.69, 9.17) is 4.74 Å². The van der Waals surface area contributed by atoms with Crippen molar-refractivity contribution in [3.8, 4) is 11.1 Å². The molecule has 6 heteroatoms. The Morgan fingerprint density at radius 3 is 2.26 bits per heavy atom. The van der Waals surface area contributed by atoms with Crippen LogP contribution in [0.5, 0.6) is 0 Å². The number of fused-ring (bicyclic) bond motifs is 3. The highest BCUT2D eigenvalue weighted by molar-refractivity contribution is 5.87. The van der Waals surface area contributed by atoms with Gasteiger partial charge in [0.15, 0.2) is 6.10 Å². The molecule has 3 aromatic rings. The zero-order valence-corrected chi connectivity index (χ0v) is 19.6. The van der Waals surface area contributed by atoms with Crippen molar-refractivity contribution in [2.75, 3.05) is 11.9 Å². The maximum atomic E-state index is 13.1. The lowest BCUT2D eigenvalue weighted by atomic mass is 9.94. The lowest BCUT2D eigenvalue weighted by molar-refractivity contribution is -0.129. The summed E-state index contributed by atoms with van der Waals surface area (Å²) in [7, 11) is 1.94. The molecule has 0 bridgehead atoms. The number of nitrogens with zero attached hydrogens (tertiary/aromatic N) is 1. The molecule has 0 aliphatic carbocycles. The van der Waals surface area contributed by atoms with Crippen LogP contribution in [0.25, 0.3) is 11.1 Å². The van der Waals surface area contributed by atoms with Gasteiger partial charge in [-0.05, 0) is 36.6 Å². The number of nitrogens with one attached hydrogen (secondary N) is 2. The summed E-state index contributed by atoms with van der Waals surface area (Å²) < 4.78 is 5.38. The summed E-state index contributed by atoms with van der Waals surface area (Å²) in [5, 5.41) is 5.81. The number of carbonyl (C=O) groups is 2. The van der Waals surface area contributed by atoms with Crippen molar-refractivity contribution in [2.24, 2.45) is 0 Å². The minimum atomic E-state index is -0.987. The molecule has 3 aromatic carbocycles. The first kappa shape index (κ1) is 23.1. The van der Waals surface area contributed by atoms with Gasteiger partial charge in [-0.3, -0.25) is 4.79 Å². The summed E-state index contributed by atoms with van der Waals surface area (Å²) in [4.78, 5) is 27.5. The molecule has 174 valence electrons. The maximum Gasteiger partial charge on any atom is 0.408 e. The van der Waals surface area contributed by atoms with E-state index in [1.807, 2.05) is 91.7 Å². The van der Waals surface area contributed by atoms with Crippen LogP contribution in [-0.4, -0.2) is 25.2 Å². The van der Waals surface area contributed by atoms with Crippen LogP contribution in [-0.2, 0) is 9.53 Å². The molecular weight excluding hydrogens is 426 g/mol. The molecule has 1 heterocycles. The van der Waals surface area contributed by atoms with Gasteiger partial charge in [-0.15, -0.1) is 0 Å². The van der Waals surface area contributed by atoms with Gasteiger partial charge in [-0.25, -0.2) is 4.79 Å². The zero-order valence-electron chi connectivity index (χ0n) is 19.6. The molecule has 4 rings (SSSR count). The third kappa shape index (κ3) is 4.66. The molecule has 1 unspecified atom stereocenters. The number of carbonyl (C=O) groups excluding carboxylic acids is 2. The Morgan fingerprint density at radius 1 is 0.912 bits per heavy atom. The van der Waals surface area contributed by atoms with Crippen LogP contribution in [0.3, 0.4) is 0 Å². The van der Waals surface area contributed by atoms with E-state index in [0.29, 0.717) is 0 Å². The molecule has 2 amide bonds. The molecule has 0 saturated carbocycles. The molecule has 3 atom stereocenters. The predicted octanol–water partition coefficient (Wildman–Crippen LogP) is 5.35.